The largest absolute Gasteiger partial charge is 0.500 e. The van der Waals surface area contributed by atoms with Crippen LogP contribution < -0.4 is 9.57 Å². The SMILES string of the molecule is CCOc1cc(/C=N/NS(=O)(=O)c2ccc(Br)cc2)cc([N+](=O)[O-])c1O. The molecule has 0 aliphatic rings. The molecule has 9 nitrogen and oxygen atoms in total. The van der Waals surface area contributed by atoms with Gasteiger partial charge in [-0.2, -0.15) is 13.5 Å². The molecule has 0 unspecified atom stereocenters. The van der Waals surface area contributed by atoms with Crippen LogP contribution >= 0.6 is 15.9 Å². The first-order chi connectivity index (χ1) is 12.2. The highest BCUT2D eigenvalue weighted by Crippen LogP contribution is 2.36. The van der Waals surface area contributed by atoms with Crippen molar-refractivity contribution in [1.82, 2.24) is 4.83 Å². The number of hydrogen-bond acceptors (Lipinski definition) is 7. The molecule has 0 saturated carbocycles. The molecule has 0 fully saturated rings. The van der Waals surface area contributed by atoms with Crippen LogP contribution in [-0.4, -0.2) is 31.3 Å². The van der Waals surface area contributed by atoms with Crippen LogP contribution in [0.4, 0.5) is 5.69 Å². The number of hydrazone groups is 1. The van der Waals surface area contributed by atoms with Crippen LogP contribution in [0, 0.1) is 10.1 Å². The van der Waals surface area contributed by atoms with Gasteiger partial charge < -0.3 is 9.84 Å². The lowest BCUT2D eigenvalue weighted by Crippen LogP contribution is -2.18. The Morgan fingerprint density at radius 3 is 2.58 bits per heavy atom. The van der Waals surface area contributed by atoms with Crippen molar-refractivity contribution in [3.63, 3.8) is 0 Å². The van der Waals surface area contributed by atoms with Gasteiger partial charge in [-0.15, -0.1) is 0 Å². The van der Waals surface area contributed by atoms with E-state index in [9.17, 15) is 23.6 Å². The highest BCUT2D eigenvalue weighted by Gasteiger charge is 2.20. The number of halogens is 1. The highest BCUT2D eigenvalue weighted by atomic mass is 79.9. The molecule has 2 aromatic carbocycles. The van der Waals surface area contributed by atoms with Crippen LogP contribution in [-0.2, 0) is 10.0 Å². The van der Waals surface area contributed by atoms with Crippen molar-refractivity contribution in [2.75, 3.05) is 6.61 Å². The molecule has 0 spiro atoms. The van der Waals surface area contributed by atoms with E-state index >= 15 is 0 Å². The average molecular weight is 444 g/mol. The average Bonchev–Trinajstić information content (AvgIpc) is 2.57. The molecule has 0 heterocycles. The molecular formula is C15H14BrN3O6S. The minimum Gasteiger partial charge on any atom is -0.500 e. The van der Waals surface area contributed by atoms with E-state index in [1.54, 1.807) is 19.1 Å². The number of hydrogen-bond donors (Lipinski definition) is 2. The molecule has 2 rings (SSSR count). The van der Waals surface area contributed by atoms with E-state index in [0.717, 1.165) is 16.8 Å². The Hall–Kier alpha value is -2.66. The standard InChI is InChI=1S/C15H14BrN3O6S/c1-2-25-14-8-10(7-13(15(14)20)19(21)22)9-17-18-26(23,24)12-5-3-11(16)4-6-12/h3-9,18,20H,2H2,1H3/b17-9+. The summed E-state index contributed by atoms with van der Waals surface area (Å²) in [5.41, 5.74) is -0.398. The zero-order chi connectivity index (χ0) is 19.3. The fraction of sp³-hybridized carbons (Fsp3) is 0.133. The lowest BCUT2D eigenvalue weighted by atomic mass is 10.2. The lowest BCUT2D eigenvalue weighted by molar-refractivity contribution is -0.386. The van der Waals surface area contributed by atoms with E-state index in [4.69, 9.17) is 4.74 Å². The molecule has 0 amide bonds. The van der Waals surface area contributed by atoms with Gasteiger partial charge in [0.05, 0.1) is 22.6 Å². The monoisotopic (exact) mass is 443 g/mol. The summed E-state index contributed by atoms with van der Waals surface area (Å²) in [6.07, 6.45) is 1.07. The quantitative estimate of drug-likeness (QED) is 0.384. The van der Waals surface area contributed by atoms with Crippen LogP contribution in [0.25, 0.3) is 0 Å². The molecule has 0 aromatic heterocycles. The maximum absolute atomic E-state index is 12.1. The van der Waals surface area contributed by atoms with Gasteiger partial charge in [-0.1, -0.05) is 15.9 Å². The molecule has 138 valence electrons. The van der Waals surface area contributed by atoms with Gasteiger partial charge in [-0.25, -0.2) is 4.83 Å². The normalized spacial score (nSPS) is 11.5. The van der Waals surface area contributed by atoms with Crippen molar-refractivity contribution in [1.29, 1.82) is 0 Å². The van der Waals surface area contributed by atoms with Crippen molar-refractivity contribution in [3.05, 3.63) is 56.5 Å². The third kappa shape index (κ3) is 4.70. The Labute approximate surface area is 157 Å². The van der Waals surface area contributed by atoms with Gasteiger partial charge >= 0.3 is 5.69 Å². The summed E-state index contributed by atoms with van der Waals surface area (Å²) in [6.45, 7) is 1.83. The molecular weight excluding hydrogens is 430 g/mol. The Balaban J connectivity index is 2.27. The number of phenols is 1. The van der Waals surface area contributed by atoms with Crippen LogP contribution in [0.5, 0.6) is 11.5 Å². The molecule has 0 saturated heterocycles. The number of nitro benzene ring substituents is 1. The summed E-state index contributed by atoms with van der Waals surface area (Å²) in [7, 11) is -3.89. The molecule has 0 bridgehead atoms. The van der Waals surface area contributed by atoms with E-state index in [-0.39, 0.29) is 22.8 Å². The fourth-order valence-electron chi connectivity index (χ4n) is 1.93. The zero-order valence-electron chi connectivity index (χ0n) is 13.4. The predicted octanol–water partition coefficient (Wildman–Crippen LogP) is 2.77. The summed E-state index contributed by atoms with van der Waals surface area (Å²) < 4.78 is 30.1. The van der Waals surface area contributed by atoms with Gasteiger partial charge in [-0.05, 0) is 37.3 Å². The second-order valence-corrected chi connectivity index (χ2v) is 7.46. The number of nitro groups is 1. The van der Waals surface area contributed by atoms with E-state index < -0.39 is 26.4 Å². The second-order valence-electron chi connectivity index (χ2n) is 4.88. The van der Waals surface area contributed by atoms with E-state index in [2.05, 4.69) is 21.0 Å². The van der Waals surface area contributed by atoms with Crippen LogP contribution in [0.2, 0.25) is 0 Å². The van der Waals surface area contributed by atoms with E-state index in [0.29, 0.717) is 0 Å². The van der Waals surface area contributed by atoms with Gasteiger partial charge in [0.1, 0.15) is 0 Å². The van der Waals surface area contributed by atoms with Crippen molar-refractivity contribution < 1.29 is 23.2 Å². The van der Waals surface area contributed by atoms with Crippen LogP contribution in [0.3, 0.4) is 0 Å². The number of sulfonamides is 1. The first kappa shape index (κ1) is 19.7. The Bertz CT molecular complexity index is 945. The van der Waals surface area contributed by atoms with Gasteiger partial charge in [0.15, 0.2) is 5.75 Å². The first-order valence-corrected chi connectivity index (χ1v) is 9.47. The van der Waals surface area contributed by atoms with Gasteiger partial charge in [-0.3, -0.25) is 10.1 Å². The highest BCUT2D eigenvalue weighted by molar-refractivity contribution is 9.10. The van der Waals surface area contributed by atoms with Crippen molar-refractivity contribution >= 4 is 37.9 Å². The molecule has 0 atom stereocenters. The number of nitrogens with zero attached hydrogens (tertiary/aromatic N) is 2. The number of ether oxygens (including phenoxy) is 1. The lowest BCUT2D eigenvalue weighted by Gasteiger charge is -2.07. The number of nitrogens with one attached hydrogen (secondary N) is 1. The molecule has 0 aliphatic heterocycles. The predicted molar refractivity (Wildman–Crippen MR) is 98.0 cm³/mol. The van der Waals surface area contributed by atoms with Crippen molar-refractivity contribution in [2.45, 2.75) is 11.8 Å². The Morgan fingerprint density at radius 2 is 2.00 bits per heavy atom. The van der Waals surface area contributed by atoms with E-state index in [1.807, 2.05) is 4.83 Å². The number of benzene rings is 2. The van der Waals surface area contributed by atoms with Crippen LogP contribution in [0.1, 0.15) is 12.5 Å². The molecule has 2 aromatic rings. The molecule has 0 aliphatic carbocycles. The minimum absolute atomic E-state index is 0.00421. The fourth-order valence-corrected chi connectivity index (χ4v) is 2.99. The first-order valence-electron chi connectivity index (χ1n) is 7.19. The van der Waals surface area contributed by atoms with Crippen molar-refractivity contribution in [2.24, 2.45) is 5.10 Å². The number of phenolic OH excluding ortho intramolecular Hbond substituents is 1. The summed E-state index contributed by atoms with van der Waals surface area (Å²) >= 11 is 3.21. The number of aromatic hydroxyl groups is 1. The molecule has 26 heavy (non-hydrogen) atoms. The van der Waals surface area contributed by atoms with Gasteiger partial charge in [0.2, 0.25) is 5.75 Å². The van der Waals surface area contributed by atoms with Gasteiger partial charge in [0, 0.05) is 16.1 Å². The topological polar surface area (TPSA) is 131 Å². The van der Waals surface area contributed by atoms with Crippen LogP contribution in [0.15, 0.2) is 50.9 Å². The second kappa shape index (κ2) is 8.15. The summed E-state index contributed by atoms with van der Waals surface area (Å²) in [6, 6.07) is 8.27. The summed E-state index contributed by atoms with van der Waals surface area (Å²) in [4.78, 5) is 12.2. The maximum Gasteiger partial charge on any atom is 0.315 e. The van der Waals surface area contributed by atoms with Crippen molar-refractivity contribution in [3.8, 4) is 11.5 Å². The Kier molecular flexibility index (Phi) is 6.16. The molecule has 2 N–H and O–H groups in total. The summed E-state index contributed by atoms with van der Waals surface area (Å²) in [5.74, 6) is -0.705. The smallest absolute Gasteiger partial charge is 0.315 e. The number of rotatable bonds is 7. The zero-order valence-corrected chi connectivity index (χ0v) is 15.8. The minimum atomic E-state index is -3.89. The molecule has 11 heteroatoms. The summed E-state index contributed by atoms with van der Waals surface area (Å²) in [5, 5.41) is 24.4. The Morgan fingerprint density at radius 1 is 1.35 bits per heavy atom. The third-order valence-electron chi connectivity index (χ3n) is 3.08. The maximum atomic E-state index is 12.1. The third-order valence-corrected chi connectivity index (χ3v) is 4.85. The van der Waals surface area contributed by atoms with Gasteiger partial charge in [0.25, 0.3) is 10.0 Å². The molecule has 0 radical (unpaired) electrons. The van der Waals surface area contributed by atoms with E-state index in [1.165, 1.54) is 18.2 Å².